The molecule has 0 aromatic heterocycles. The van der Waals surface area contributed by atoms with Crippen molar-refractivity contribution in [1.82, 2.24) is 0 Å². The van der Waals surface area contributed by atoms with Crippen molar-refractivity contribution >= 4 is 0 Å². The van der Waals surface area contributed by atoms with E-state index < -0.39 is 0 Å². The van der Waals surface area contributed by atoms with Crippen molar-refractivity contribution in [1.29, 1.82) is 0 Å². The second-order valence-electron chi connectivity index (χ2n) is 3.38. The van der Waals surface area contributed by atoms with Crippen LogP contribution < -0.4 is 0 Å². The SMILES string of the molecule is C1=CCC[C@H]2C[C@H]2CC1. The van der Waals surface area contributed by atoms with Crippen molar-refractivity contribution in [2.75, 3.05) is 0 Å². The van der Waals surface area contributed by atoms with E-state index in [0.717, 1.165) is 11.8 Å². The van der Waals surface area contributed by atoms with Gasteiger partial charge in [-0.2, -0.15) is 0 Å². The Morgan fingerprint density at radius 3 is 2.00 bits per heavy atom. The number of rotatable bonds is 0. The fraction of sp³-hybridized carbons (Fsp3) is 0.778. The topological polar surface area (TPSA) is 0 Å². The van der Waals surface area contributed by atoms with Gasteiger partial charge in [-0.25, -0.2) is 0 Å². The maximum atomic E-state index is 2.36. The summed E-state index contributed by atoms with van der Waals surface area (Å²) in [4.78, 5) is 0. The largest absolute Gasteiger partial charge is 0.0885 e. The van der Waals surface area contributed by atoms with E-state index in [-0.39, 0.29) is 0 Å². The molecule has 0 nitrogen and oxygen atoms in total. The van der Waals surface area contributed by atoms with Gasteiger partial charge in [0, 0.05) is 0 Å². The van der Waals surface area contributed by atoms with Crippen LogP contribution in [0, 0.1) is 11.8 Å². The lowest BCUT2D eigenvalue weighted by atomic mass is 10.1. The van der Waals surface area contributed by atoms with E-state index in [9.17, 15) is 0 Å². The molecule has 0 N–H and O–H groups in total. The van der Waals surface area contributed by atoms with E-state index in [4.69, 9.17) is 0 Å². The van der Waals surface area contributed by atoms with Crippen LogP contribution in [0.4, 0.5) is 0 Å². The molecule has 0 heterocycles. The van der Waals surface area contributed by atoms with Crippen LogP contribution in [0.25, 0.3) is 0 Å². The highest BCUT2D eigenvalue weighted by Gasteiger charge is 2.35. The van der Waals surface area contributed by atoms with Crippen molar-refractivity contribution in [3.63, 3.8) is 0 Å². The van der Waals surface area contributed by atoms with Crippen LogP contribution >= 0.6 is 0 Å². The first-order chi connectivity index (χ1) is 4.47. The molecule has 0 aromatic carbocycles. The molecule has 0 saturated heterocycles. The second-order valence-corrected chi connectivity index (χ2v) is 3.38. The van der Waals surface area contributed by atoms with Gasteiger partial charge < -0.3 is 0 Å². The summed E-state index contributed by atoms with van der Waals surface area (Å²) < 4.78 is 0. The molecular weight excluding hydrogens is 108 g/mol. The van der Waals surface area contributed by atoms with Crippen molar-refractivity contribution in [3.05, 3.63) is 12.2 Å². The lowest BCUT2D eigenvalue weighted by Crippen LogP contribution is -1.85. The molecule has 2 aliphatic carbocycles. The Kier molecular flexibility index (Phi) is 1.33. The zero-order valence-electron chi connectivity index (χ0n) is 5.84. The summed E-state index contributed by atoms with van der Waals surface area (Å²) >= 11 is 0. The minimum absolute atomic E-state index is 1.13. The van der Waals surface area contributed by atoms with Crippen LogP contribution in [0.2, 0.25) is 0 Å². The van der Waals surface area contributed by atoms with Gasteiger partial charge >= 0.3 is 0 Å². The molecule has 0 unspecified atom stereocenters. The predicted molar refractivity (Wildman–Crippen MR) is 39.2 cm³/mol. The highest BCUT2D eigenvalue weighted by atomic mass is 14.4. The predicted octanol–water partition coefficient (Wildman–Crippen LogP) is 2.75. The normalized spacial score (nSPS) is 40.9. The van der Waals surface area contributed by atoms with Crippen LogP contribution in [-0.2, 0) is 0 Å². The minimum Gasteiger partial charge on any atom is -0.0885 e. The average Bonchev–Trinajstić information content (AvgIpc) is 2.46. The van der Waals surface area contributed by atoms with Crippen LogP contribution in [0.1, 0.15) is 32.1 Å². The van der Waals surface area contributed by atoms with Gasteiger partial charge in [-0.1, -0.05) is 12.2 Å². The van der Waals surface area contributed by atoms with Crippen molar-refractivity contribution in [2.24, 2.45) is 11.8 Å². The van der Waals surface area contributed by atoms with E-state index in [1.165, 1.54) is 25.7 Å². The van der Waals surface area contributed by atoms with Gasteiger partial charge in [0.25, 0.3) is 0 Å². The molecule has 2 aliphatic rings. The van der Waals surface area contributed by atoms with Crippen LogP contribution in [0.5, 0.6) is 0 Å². The monoisotopic (exact) mass is 122 g/mol. The van der Waals surface area contributed by atoms with Gasteiger partial charge in [0.1, 0.15) is 0 Å². The first-order valence-corrected chi connectivity index (χ1v) is 4.12. The molecule has 0 amide bonds. The van der Waals surface area contributed by atoms with Gasteiger partial charge in [-0.05, 0) is 43.9 Å². The van der Waals surface area contributed by atoms with Crippen LogP contribution in [0.3, 0.4) is 0 Å². The van der Waals surface area contributed by atoms with Gasteiger partial charge in [0.15, 0.2) is 0 Å². The molecule has 2 rings (SSSR count). The standard InChI is InChI=1S/C9H14/c1-2-4-6-9-7-8(9)5-3-1/h1-2,8-9H,3-7H2/t8-,9+. The number of hydrogen-bond donors (Lipinski definition) is 0. The summed E-state index contributed by atoms with van der Waals surface area (Å²) in [5.41, 5.74) is 0. The Balaban J connectivity index is 1.91. The van der Waals surface area contributed by atoms with Gasteiger partial charge in [-0.3, -0.25) is 0 Å². The summed E-state index contributed by atoms with van der Waals surface area (Å²) in [7, 11) is 0. The Morgan fingerprint density at radius 2 is 1.44 bits per heavy atom. The molecule has 2 atom stereocenters. The second kappa shape index (κ2) is 2.17. The highest BCUT2D eigenvalue weighted by molar-refractivity contribution is 4.94. The molecule has 0 radical (unpaired) electrons. The quantitative estimate of drug-likeness (QED) is 0.433. The Labute approximate surface area is 57.0 Å². The molecule has 0 spiro atoms. The molecule has 1 fully saturated rings. The van der Waals surface area contributed by atoms with E-state index in [0.29, 0.717) is 0 Å². The van der Waals surface area contributed by atoms with Crippen LogP contribution in [-0.4, -0.2) is 0 Å². The first-order valence-electron chi connectivity index (χ1n) is 4.12. The summed E-state index contributed by atoms with van der Waals surface area (Å²) in [6.07, 6.45) is 11.9. The van der Waals surface area contributed by atoms with E-state index in [1.807, 2.05) is 0 Å². The number of hydrogen-bond acceptors (Lipinski definition) is 0. The van der Waals surface area contributed by atoms with Crippen LogP contribution in [0.15, 0.2) is 12.2 Å². The molecule has 0 aliphatic heterocycles. The summed E-state index contributed by atoms with van der Waals surface area (Å²) in [5.74, 6) is 2.27. The molecular formula is C9H14. The summed E-state index contributed by atoms with van der Waals surface area (Å²) in [6, 6.07) is 0. The van der Waals surface area contributed by atoms with Crippen molar-refractivity contribution in [3.8, 4) is 0 Å². The van der Waals surface area contributed by atoms with E-state index in [2.05, 4.69) is 12.2 Å². The van der Waals surface area contributed by atoms with E-state index >= 15 is 0 Å². The lowest BCUT2D eigenvalue weighted by Gasteiger charge is -1.99. The van der Waals surface area contributed by atoms with Gasteiger partial charge in [0.05, 0.1) is 0 Å². The third-order valence-corrected chi connectivity index (χ3v) is 2.64. The summed E-state index contributed by atoms with van der Waals surface area (Å²) in [5, 5.41) is 0. The first kappa shape index (κ1) is 5.52. The number of allylic oxidation sites excluding steroid dienone is 2. The molecule has 0 bridgehead atoms. The lowest BCUT2D eigenvalue weighted by molar-refractivity contribution is 0.605. The Hall–Kier alpha value is -0.260. The maximum Gasteiger partial charge on any atom is -0.0348 e. The highest BCUT2D eigenvalue weighted by Crippen LogP contribution is 2.45. The third-order valence-electron chi connectivity index (χ3n) is 2.64. The smallest absolute Gasteiger partial charge is 0.0348 e. The van der Waals surface area contributed by atoms with E-state index in [1.54, 1.807) is 6.42 Å². The molecule has 0 aromatic rings. The third kappa shape index (κ3) is 1.17. The minimum atomic E-state index is 1.13. The maximum absolute atomic E-state index is 2.36. The summed E-state index contributed by atoms with van der Waals surface area (Å²) in [6.45, 7) is 0. The number of fused-ring (bicyclic) bond motifs is 1. The fourth-order valence-electron chi connectivity index (χ4n) is 1.87. The average molecular weight is 122 g/mol. The van der Waals surface area contributed by atoms with Gasteiger partial charge in [0.2, 0.25) is 0 Å². The van der Waals surface area contributed by atoms with Gasteiger partial charge in [-0.15, -0.1) is 0 Å². The molecule has 9 heavy (non-hydrogen) atoms. The Bertz CT molecular complexity index is 110. The molecule has 1 saturated carbocycles. The zero-order chi connectivity index (χ0) is 6.10. The Morgan fingerprint density at radius 1 is 0.889 bits per heavy atom. The van der Waals surface area contributed by atoms with Crippen molar-refractivity contribution < 1.29 is 0 Å². The molecule has 50 valence electrons. The zero-order valence-corrected chi connectivity index (χ0v) is 5.84. The molecule has 0 heteroatoms. The fourth-order valence-corrected chi connectivity index (χ4v) is 1.87. The van der Waals surface area contributed by atoms with Crippen molar-refractivity contribution in [2.45, 2.75) is 32.1 Å².